The van der Waals surface area contributed by atoms with Crippen molar-refractivity contribution in [3.63, 3.8) is 0 Å². The van der Waals surface area contributed by atoms with Crippen LogP contribution in [-0.2, 0) is 27.4 Å². The number of sulfone groups is 1. The number of thiophene rings is 1. The molecule has 30 heavy (non-hydrogen) atoms. The summed E-state index contributed by atoms with van der Waals surface area (Å²) in [5.74, 6) is -1.43. The Morgan fingerprint density at radius 3 is 2.53 bits per heavy atom. The maximum Gasteiger partial charge on any atom is 0.414 e. The zero-order valence-electron chi connectivity index (χ0n) is 16.6. The molecule has 3 amide bonds. The lowest BCUT2D eigenvalue weighted by Crippen LogP contribution is -2.32. The van der Waals surface area contributed by atoms with E-state index in [0.717, 1.165) is 23.3 Å². The summed E-state index contributed by atoms with van der Waals surface area (Å²) in [7, 11) is -3.61. The van der Waals surface area contributed by atoms with Crippen LogP contribution in [0.15, 0.2) is 29.2 Å². The number of hydrogen-bond acceptors (Lipinski definition) is 7. The van der Waals surface area contributed by atoms with E-state index in [4.69, 9.17) is 4.74 Å². The summed E-state index contributed by atoms with van der Waals surface area (Å²) in [5.41, 5.74) is 1.03. The predicted molar refractivity (Wildman–Crippen MR) is 113 cm³/mol. The first-order chi connectivity index (χ1) is 14.3. The van der Waals surface area contributed by atoms with Gasteiger partial charge >= 0.3 is 6.09 Å². The number of amides is 3. The Morgan fingerprint density at radius 1 is 1.10 bits per heavy atom. The minimum atomic E-state index is -3.61. The van der Waals surface area contributed by atoms with Gasteiger partial charge in [0, 0.05) is 4.88 Å². The van der Waals surface area contributed by atoms with Crippen molar-refractivity contribution in [2.75, 3.05) is 17.7 Å². The first-order valence-electron chi connectivity index (χ1n) is 9.54. The molecule has 1 aliphatic carbocycles. The maximum absolute atomic E-state index is 12.9. The lowest BCUT2D eigenvalue weighted by Gasteiger charge is -2.11. The summed E-state index contributed by atoms with van der Waals surface area (Å²) < 4.78 is 29.5. The number of fused-ring (bicyclic) bond motifs is 1. The van der Waals surface area contributed by atoms with Gasteiger partial charge in [-0.25, -0.2) is 13.2 Å². The van der Waals surface area contributed by atoms with Gasteiger partial charge in [-0.15, -0.1) is 11.3 Å². The van der Waals surface area contributed by atoms with Crippen molar-refractivity contribution in [1.82, 2.24) is 5.32 Å². The molecular weight excluding hydrogens is 428 g/mol. The van der Waals surface area contributed by atoms with Crippen LogP contribution in [-0.4, -0.2) is 38.7 Å². The van der Waals surface area contributed by atoms with Crippen LogP contribution < -0.4 is 10.6 Å². The second-order valence-electron chi connectivity index (χ2n) is 6.59. The first-order valence-corrected chi connectivity index (χ1v) is 12.0. The number of alkyl carbamates (subject to hydrolysis) is 1. The van der Waals surface area contributed by atoms with Gasteiger partial charge in [-0.05, 0) is 43.9 Å². The van der Waals surface area contributed by atoms with E-state index >= 15 is 0 Å². The monoisotopic (exact) mass is 450 g/mol. The number of anilines is 1. The molecule has 2 aromatic rings. The van der Waals surface area contributed by atoms with Crippen molar-refractivity contribution < 1.29 is 27.5 Å². The predicted octanol–water partition coefficient (Wildman–Crippen LogP) is 3.17. The highest BCUT2D eigenvalue weighted by molar-refractivity contribution is 7.91. The van der Waals surface area contributed by atoms with Crippen LogP contribution in [0.25, 0.3) is 0 Å². The largest absolute Gasteiger partial charge is 0.450 e. The van der Waals surface area contributed by atoms with Crippen molar-refractivity contribution in [2.45, 2.75) is 38.0 Å². The van der Waals surface area contributed by atoms with E-state index in [2.05, 4.69) is 10.6 Å². The van der Waals surface area contributed by atoms with Gasteiger partial charge in [-0.2, -0.15) is 0 Å². The van der Waals surface area contributed by atoms with Crippen molar-refractivity contribution in [2.24, 2.45) is 0 Å². The van der Waals surface area contributed by atoms with Crippen molar-refractivity contribution >= 4 is 44.1 Å². The smallest absolute Gasteiger partial charge is 0.414 e. The highest BCUT2D eigenvalue weighted by atomic mass is 32.2. The number of carbonyl (C=O) groups is 3. The van der Waals surface area contributed by atoms with Crippen molar-refractivity contribution in [3.05, 3.63) is 45.8 Å². The Balaban J connectivity index is 1.94. The normalized spacial score (nSPS) is 12.9. The molecule has 2 N–H and O–H groups in total. The van der Waals surface area contributed by atoms with E-state index in [-0.39, 0.29) is 33.4 Å². The second kappa shape index (κ2) is 8.97. The van der Waals surface area contributed by atoms with E-state index in [1.54, 1.807) is 19.1 Å². The fourth-order valence-corrected chi connectivity index (χ4v) is 5.68. The van der Waals surface area contributed by atoms with E-state index in [1.807, 2.05) is 0 Å². The van der Waals surface area contributed by atoms with Gasteiger partial charge in [-0.1, -0.05) is 19.1 Å². The Morgan fingerprint density at radius 2 is 1.83 bits per heavy atom. The molecular formula is C20H22N2O6S2. The molecule has 1 aromatic carbocycles. The lowest BCUT2D eigenvalue weighted by atomic mass is 10.1. The molecule has 8 nitrogen and oxygen atoms in total. The summed E-state index contributed by atoms with van der Waals surface area (Å²) in [6, 6.07) is 5.94. The average molecular weight is 451 g/mol. The molecule has 0 radical (unpaired) electrons. The van der Waals surface area contributed by atoms with Crippen molar-refractivity contribution in [1.29, 1.82) is 0 Å². The number of ether oxygens (including phenoxy) is 1. The van der Waals surface area contributed by atoms with Gasteiger partial charge in [-0.3, -0.25) is 14.9 Å². The van der Waals surface area contributed by atoms with Crippen LogP contribution in [0.5, 0.6) is 0 Å². The quantitative estimate of drug-likeness (QED) is 0.698. The number of nitrogens with one attached hydrogen (secondary N) is 2. The van der Waals surface area contributed by atoms with E-state index < -0.39 is 27.7 Å². The minimum Gasteiger partial charge on any atom is -0.450 e. The van der Waals surface area contributed by atoms with Crippen LogP contribution in [0.1, 0.15) is 51.4 Å². The molecule has 0 saturated carbocycles. The first kappa shape index (κ1) is 22.0. The number of benzene rings is 1. The molecule has 1 heterocycles. The molecule has 0 spiro atoms. The van der Waals surface area contributed by atoms with Crippen LogP contribution in [0.4, 0.5) is 9.80 Å². The Bertz CT molecular complexity index is 1100. The van der Waals surface area contributed by atoms with Gasteiger partial charge < -0.3 is 10.1 Å². The highest BCUT2D eigenvalue weighted by Crippen LogP contribution is 2.39. The minimum absolute atomic E-state index is 0.00432. The molecule has 0 atom stereocenters. The number of aryl methyl sites for hydroxylation is 1. The van der Waals surface area contributed by atoms with Gasteiger partial charge in [0.05, 0.1) is 28.4 Å². The SMILES string of the molecule is CCOC(=O)NC(=O)c1c(NC(=O)c2ccccc2S(=O)(=O)CC)sc2c1CCC2. The van der Waals surface area contributed by atoms with Crippen LogP contribution in [0.3, 0.4) is 0 Å². The number of rotatable bonds is 6. The standard InChI is InChI=1S/C20H22N2O6S2/c1-3-28-20(25)22-18(24)16-12-9-7-10-14(12)29-19(16)21-17(23)13-8-5-6-11-15(13)30(26,27)4-2/h5-6,8,11H,3-4,7,9-10H2,1-2H3,(H,21,23)(H,22,24,25). The molecule has 0 saturated heterocycles. The Hall–Kier alpha value is -2.72. The molecule has 0 aliphatic heterocycles. The van der Waals surface area contributed by atoms with Crippen LogP contribution >= 0.6 is 11.3 Å². The summed E-state index contributed by atoms with van der Waals surface area (Å²) in [5, 5.41) is 5.14. The van der Waals surface area contributed by atoms with Crippen LogP contribution in [0.2, 0.25) is 0 Å². The Labute approximate surface area is 178 Å². The lowest BCUT2D eigenvalue weighted by molar-refractivity contribution is 0.0925. The molecule has 1 aromatic heterocycles. The van der Waals surface area contributed by atoms with Gasteiger partial charge in [0.15, 0.2) is 9.84 Å². The summed E-state index contributed by atoms with van der Waals surface area (Å²) in [4.78, 5) is 38.2. The summed E-state index contributed by atoms with van der Waals surface area (Å²) in [6.45, 7) is 3.25. The number of carbonyl (C=O) groups excluding carboxylic acids is 3. The fraction of sp³-hybridized carbons (Fsp3) is 0.350. The third kappa shape index (κ3) is 4.39. The molecule has 3 rings (SSSR count). The van der Waals surface area contributed by atoms with Gasteiger partial charge in [0.1, 0.15) is 5.00 Å². The van der Waals surface area contributed by atoms with Gasteiger partial charge in [0.25, 0.3) is 11.8 Å². The zero-order chi connectivity index (χ0) is 21.9. The fourth-order valence-electron chi connectivity index (χ4n) is 3.31. The molecule has 160 valence electrons. The molecule has 10 heteroatoms. The van der Waals surface area contributed by atoms with Crippen molar-refractivity contribution in [3.8, 4) is 0 Å². The Kier molecular flexibility index (Phi) is 6.57. The molecule has 0 bridgehead atoms. The molecule has 1 aliphatic rings. The van der Waals surface area contributed by atoms with E-state index in [0.29, 0.717) is 6.42 Å². The summed E-state index contributed by atoms with van der Waals surface area (Å²) in [6.07, 6.45) is 1.45. The van der Waals surface area contributed by atoms with E-state index in [9.17, 15) is 22.8 Å². The molecule has 0 fully saturated rings. The molecule has 0 unspecified atom stereocenters. The highest BCUT2D eigenvalue weighted by Gasteiger charge is 2.29. The van der Waals surface area contributed by atoms with E-state index in [1.165, 1.54) is 30.4 Å². The maximum atomic E-state index is 12.9. The van der Waals surface area contributed by atoms with Crippen LogP contribution in [0, 0.1) is 0 Å². The third-order valence-corrected chi connectivity index (χ3v) is 7.71. The second-order valence-corrected chi connectivity index (χ2v) is 9.94. The number of hydrogen-bond donors (Lipinski definition) is 2. The number of imide groups is 1. The topological polar surface area (TPSA) is 119 Å². The summed E-state index contributed by atoms with van der Waals surface area (Å²) >= 11 is 1.27. The zero-order valence-corrected chi connectivity index (χ0v) is 18.2. The average Bonchev–Trinajstić information content (AvgIpc) is 3.28. The third-order valence-electron chi connectivity index (χ3n) is 4.71. The van der Waals surface area contributed by atoms with Gasteiger partial charge in [0.2, 0.25) is 0 Å².